The molecular weight excluding hydrogens is 228 g/mol. The monoisotopic (exact) mass is 250 g/mol. The van der Waals surface area contributed by atoms with Gasteiger partial charge in [-0.05, 0) is 37.6 Å². The maximum atomic E-state index is 11.6. The Hall–Kier alpha value is -1.55. The van der Waals surface area contributed by atoms with Crippen molar-refractivity contribution in [3.63, 3.8) is 0 Å². The highest BCUT2D eigenvalue weighted by Gasteiger charge is 2.07. The second-order valence-electron chi connectivity index (χ2n) is 4.37. The summed E-state index contributed by atoms with van der Waals surface area (Å²) in [6, 6.07) is 7.88. The summed E-state index contributed by atoms with van der Waals surface area (Å²) >= 11 is 0. The minimum atomic E-state index is 0.119. The van der Waals surface area contributed by atoms with Gasteiger partial charge in [0.15, 0.2) is 0 Å². The van der Waals surface area contributed by atoms with Gasteiger partial charge in [0.2, 0.25) is 5.91 Å². The molecule has 0 heterocycles. The molecule has 0 aliphatic carbocycles. The molecule has 2 N–H and O–H groups in total. The molecule has 0 bridgehead atoms. The number of rotatable bonds is 7. The van der Waals surface area contributed by atoms with Crippen LogP contribution < -0.4 is 10.5 Å². The maximum absolute atomic E-state index is 11.6. The zero-order chi connectivity index (χ0) is 13.4. The van der Waals surface area contributed by atoms with Crippen molar-refractivity contribution in [1.29, 1.82) is 0 Å². The van der Waals surface area contributed by atoms with Gasteiger partial charge in [-0.2, -0.15) is 0 Å². The lowest BCUT2D eigenvalue weighted by molar-refractivity contribution is -0.130. The van der Waals surface area contributed by atoms with Crippen LogP contribution in [-0.2, 0) is 4.79 Å². The smallest absolute Gasteiger partial charge is 0.222 e. The van der Waals surface area contributed by atoms with Gasteiger partial charge in [0.1, 0.15) is 12.4 Å². The molecule has 100 valence electrons. The highest BCUT2D eigenvalue weighted by Crippen LogP contribution is 2.12. The standard InChI is InChI=1S/C14H22N2O2/c1-12-5-3-6-13(11-12)18-10-9-16(2)14(17)7-4-8-15/h3,5-6,11H,4,7-10,15H2,1-2H3. The first-order valence-corrected chi connectivity index (χ1v) is 6.27. The van der Waals surface area contributed by atoms with E-state index in [4.69, 9.17) is 10.5 Å². The quantitative estimate of drug-likeness (QED) is 0.799. The number of carbonyl (C=O) groups is 1. The normalized spacial score (nSPS) is 10.2. The van der Waals surface area contributed by atoms with Crippen LogP contribution in [0.5, 0.6) is 5.75 Å². The van der Waals surface area contributed by atoms with E-state index in [1.165, 1.54) is 5.56 Å². The third-order valence-electron chi connectivity index (χ3n) is 2.71. The summed E-state index contributed by atoms with van der Waals surface area (Å²) in [5.41, 5.74) is 6.54. The minimum absolute atomic E-state index is 0.119. The summed E-state index contributed by atoms with van der Waals surface area (Å²) in [5.74, 6) is 0.964. The van der Waals surface area contributed by atoms with Crippen molar-refractivity contribution >= 4 is 5.91 Å². The molecule has 0 saturated carbocycles. The predicted octanol–water partition coefficient (Wildman–Crippen LogP) is 1.57. The molecule has 18 heavy (non-hydrogen) atoms. The molecule has 1 amide bonds. The van der Waals surface area contributed by atoms with Crippen LogP contribution in [0.25, 0.3) is 0 Å². The van der Waals surface area contributed by atoms with Gasteiger partial charge < -0.3 is 15.4 Å². The number of hydrogen-bond donors (Lipinski definition) is 1. The number of carbonyl (C=O) groups excluding carboxylic acids is 1. The van der Waals surface area contributed by atoms with Crippen molar-refractivity contribution in [2.24, 2.45) is 5.73 Å². The molecule has 0 aliphatic heterocycles. The Balaban J connectivity index is 2.26. The molecule has 1 rings (SSSR count). The maximum Gasteiger partial charge on any atom is 0.222 e. The van der Waals surface area contributed by atoms with Gasteiger partial charge in [-0.1, -0.05) is 12.1 Å². The highest BCUT2D eigenvalue weighted by molar-refractivity contribution is 5.75. The van der Waals surface area contributed by atoms with Crippen molar-refractivity contribution in [1.82, 2.24) is 4.90 Å². The Morgan fingerprint density at radius 2 is 2.22 bits per heavy atom. The lowest BCUT2D eigenvalue weighted by atomic mass is 10.2. The van der Waals surface area contributed by atoms with E-state index in [0.717, 1.165) is 12.2 Å². The van der Waals surface area contributed by atoms with Crippen LogP contribution in [0.1, 0.15) is 18.4 Å². The second-order valence-corrected chi connectivity index (χ2v) is 4.37. The Labute approximate surface area is 109 Å². The van der Waals surface area contributed by atoms with E-state index < -0.39 is 0 Å². The van der Waals surface area contributed by atoms with Crippen molar-refractivity contribution in [3.8, 4) is 5.75 Å². The van der Waals surface area contributed by atoms with E-state index >= 15 is 0 Å². The topological polar surface area (TPSA) is 55.6 Å². The lowest BCUT2D eigenvalue weighted by Crippen LogP contribution is -2.31. The lowest BCUT2D eigenvalue weighted by Gasteiger charge is -2.17. The average Bonchev–Trinajstić information content (AvgIpc) is 2.35. The zero-order valence-corrected chi connectivity index (χ0v) is 11.2. The number of nitrogens with zero attached hydrogens (tertiary/aromatic N) is 1. The van der Waals surface area contributed by atoms with Gasteiger partial charge in [-0.15, -0.1) is 0 Å². The first kappa shape index (κ1) is 14.5. The first-order chi connectivity index (χ1) is 8.63. The molecule has 0 saturated heterocycles. The molecule has 0 aromatic heterocycles. The van der Waals surface area contributed by atoms with E-state index in [0.29, 0.717) is 26.1 Å². The third kappa shape index (κ3) is 5.19. The minimum Gasteiger partial charge on any atom is -0.492 e. The summed E-state index contributed by atoms with van der Waals surface area (Å²) in [6.07, 6.45) is 1.25. The van der Waals surface area contributed by atoms with E-state index in [2.05, 4.69) is 0 Å². The largest absolute Gasteiger partial charge is 0.492 e. The molecular formula is C14H22N2O2. The van der Waals surface area contributed by atoms with E-state index in [1.54, 1.807) is 11.9 Å². The molecule has 0 aliphatic rings. The average molecular weight is 250 g/mol. The SMILES string of the molecule is Cc1cccc(OCCN(C)C(=O)CCCN)c1. The van der Waals surface area contributed by atoms with E-state index in [-0.39, 0.29) is 5.91 Å². The third-order valence-corrected chi connectivity index (χ3v) is 2.71. The van der Waals surface area contributed by atoms with Crippen LogP contribution in [0.2, 0.25) is 0 Å². The number of aryl methyl sites for hydroxylation is 1. The van der Waals surface area contributed by atoms with Crippen molar-refractivity contribution < 1.29 is 9.53 Å². The van der Waals surface area contributed by atoms with Crippen LogP contribution >= 0.6 is 0 Å². The summed E-state index contributed by atoms with van der Waals surface area (Å²) in [5, 5.41) is 0. The summed E-state index contributed by atoms with van der Waals surface area (Å²) in [4.78, 5) is 13.3. The Kier molecular flexibility index (Phi) is 6.22. The molecule has 0 atom stereocenters. The highest BCUT2D eigenvalue weighted by atomic mass is 16.5. The molecule has 0 spiro atoms. The Morgan fingerprint density at radius 1 is 1.44 bits per heavy atom. The summed E-state index contributed by atoms with van der Waals surface area (Å²) < 4.78 is 5.59. The fraction of sp³-hybridized carbons (Fsp3) is 0.500. The van der Waals surface area contributed by atoms with Crippen LogP contribution in [-0.4, -0.2) is 37.6 Å². The van der Waals surface area contributed by atoms with Gasteiger partial charge in [-0.25, -0.2) is 0 Å². The van der Waals surface area contributed by atoms with Crippen molar-refractivity contribution in [3.05, 3.63) is 29.8 Å². The number of hydrogen-bond acceptors (Lipinski definition) is 3. The van der Waals surface area contributed by atoms with Crippen LogP contribution in [0.3, 0.4) is 0 Å². The second kappa shape index (κ2) is 7.71. The van der Waals surface area contributed by atoms with Gasteiger partial charge >= 0.3 is 0 Å². The molecule has 1 aromatic carbocycles. The van der Waals surface area contributed by atoms with Gasteiger partial charge in [-0.3, -0.25) is 4.79 Å². The number of ether oxygens (including phenoxy) is 1. The van der Waals surface area contributed by atoms with Crippen LogP contribution in [0, 0.1) is 6.92 Å². The van der Waals surface area contributed by atoms with Gasteiger partial charge in [0.25, 0.3) is 0 Å². The van der Waals surface area contributed by atoms with Crippen LogP contribution in [0.4, 0.5) is 0 Å². The molecule has 4 heteroatoms. The van der Waals surface area contributed by atoms with Gasteiger partial charge in [0, 0.05) is 13.5 Å². The molecule has 4 nitrogen and oxygen atoms in total. The first-order valence-electron chi connectivity index (χ1n) is 6.27. The molecule has 0 radical (unpaired) electrons. The summed E-state index contributed by atoms with van der Waals surface area (Å²) in [6.45, 7) is 3.68. The fourth-order valence-electron chi connectivity index (χ4n) is 1.57. The van der Waals surface area contributed by atoms with Crippen LogP contribution in [0.15, 0.2) is 24.3 Å². The van der Waals surface area contributed by atoms with Crippen molar-refractivity contribution in [2.75, 3.05) is 26.7 Å². The molecule has 0 unspecified atom stereocenters. The number of benzene rings is 1. The Bertz CT molecular complexity index is 380. The molecule has 0 fully saturated rings. The zero-order valence-electron chi connectivity index (χ0n) is 11.2. The fourth-order valence-corrected chi connectivity index (χ4v) is 1.57. The predicted molar refractivity (Wildman–Crippen MR) is 72.6 cm³/mol. The van der Waals surface area contributed by atoms with Gasteiger partial charge in [0.05, 0.1) is 6.54 Å². The Morgan fingerprint density at radius 3 is 2.89 bits per heavy atom. The van der Waals surface area contributed by atoms with E-state index in [9.17, 15) is 4.79 Å². The number of likely N-dealkylation sites (N-methyl/N-ethyl adjacent to an activating group) is 1. The number of amides is 1. The van der Waals surface area contributed by atoms with Crippen molar-refractivity contribution in [2.45, 2.75) is 19.8 Å². The number of nitrogens with two attached hydrogens (primary N) is 1. The molecule has 1 aromatic rings. The van der Waals surface area contributed by atoms with E-state index in [1.807, 2.05) is 31.2 Å². The summed E-state index contributed by atoms with van der Waals surface area (Å²) in [7, 11) is 1.79.